The van der Waals surface area contributed by atoms with Gasteiger partial charge in [-0.1, -0.05) is 12.8 Å². The fourth-order valence-corrected chi connectivity index (χ4v) is 4.64. The molecule has 1 aromatic heterocycles. The van der Waals surface area contributed by atoms with Crippen LogP contribution in [0.25, 0.3) is 0 Å². The number of pyridine rings is 1. The van der Waals surface area contributed by atoms with Gasteiger partial charge in [-0.05, 0) is 42.7 Å². The first-order valence-corrected chi connectivity index (χ1v) is 11.2. The van der Waals surface area contributed by atoms with Crippen molar-refractivity contribution in [3.05, 3.63) is 30.1 Å². The highest BCUT2D eigenvalue weighted by Gasteiger charge is 2.42. The van der Waals surface area contributed by atoms with E-state index in [-0.39, 0.29) is 5.91 Å². The number of carboxylic acids is 2. The first-order valence-electron chi connectivity index (χ1n) is 11.2. The van der Waals surface area contributed by atoms with E-state index in [0.717, 1.165) is 24.6 Å². The van der Waals surface area contributed by atoms with Crippen LogP contribution >= 0.6 is 0 Å². The van der Waals surface area contributed by atoms with Crippen molar-refractivity contribution in [1.82, 2.24) is 14.8 Å². The van der Waals surface area contributed by atoms with Crippen molar-refractivity contribution < 1.29 is 50.9 Å². The van der Waals surface area contributed by atoms with E-state index in [1.165, 1.54) is 45.3 Å². The van der Waals surface area contributed by atoms with Gasteiger partial charge in [-0.15, -0.1) is 0 Å². The number of halogens is 6. The van der Waals surface area contributed by atoms with Gasteiger partial charge in [0.05, 0.1) is 5.56 Å². The van der Waals surface area contributed by atoms with Crippen LogP contribution in [0.2, 0.25) is 0 Å². The number of amides is 1. The SMILES string of the molecule is O=C(O)C(F)(F)F.O=C(O)C(F)(F)F.O=C(c1cccnc1)N1C[C@H]2CN(CC3CCCC3)C[C@H]2C1. The van der Waals surface area contributed by atoms with Gasteiger partial charge >= 0.3 is 24.3 Å². The smallest absolute Gasteiger partial charge is 0.475 e. The summed E-state index contributed by atoms with van der Waals surface area (Å²) in [5, 5.41) is 14.2. The average Bonchev–Trinajstić information content (AvgIpc) is 3.51. The zero-order valence-corrected chi connectivity index (χ0v) is 19.1. The number of carbonyl (C=O) groups excluding carboxylic acids is 1. The molecule has 0 unspecified atom stereocenters. The Morgan fingerprint density at radius 1 is 0.889 bits per heavy atom. The van der Waals surface area contributed by atoms with Crippen molar-refractivity contribution in [3.8, 4) is 0 Å². The van der Waals surface area contributed by atoms with Crippen LogP contribution in [0.3, 0.4) is 0 Å². The summed E-state index contributed by atoms with van der Waals surface area (Å²) < 4.78 is 63.5. The summed E-state index contributed by atoms with van der Waals surface area (Å²) in [6.07, 6.45) is -1.05. The number of carboxylic acid groups (broad SMARTS) is 2. The molecule has 0 spiro atoms. The molecule has 3 heterocycles. The van der Waals surface area contributed by atoms with Gasteiger partial charge in [0.25, 0.3) is 5.91 Å². The van der Waals surface area contributed by atoms with E-state index in [1.807, 2.05) is 17.0 Å². The molecule has 36 heavy (non-hydrogen) atoms. The van der Waals surface area contributed by atoms with Gasteiger partial charge in [0.15, 0.2) is 0 Å². The number of alkyl halides is 6. The van der Waals surface area contributed by atoms with Crippen molar-refractivity contribution in [2.45, 2.75) is 38.0 Å². The number of aliphatic carboxylic acids is 2. The van der Waals surface area contributed by atoms with Crippen LogP contribution in [0.4, 0.5) is 26.3 Å². The zero-order chi connectivity index (χ0) is 27.1. The molecule has 14 heteroatoms. The summed E-state index contributed by atoms with van der Waals surface area (Å²) in [7, 11) is 0. The third-order valence-electron chi connectivity index (χ3n) is 6.23. The molecule has 2 atom stereocenters. The largest absolute Gasteiger partial charge is 0.490 e. The lowest BCUT2D eigenvalue weighted by atomic mass is 10.0. The summed E-state index contributed by atoms with van der Waals surface area (Å²) in [5.41, 5.74) is 0.727. The van der Waals surface area contributed by atoms with Crippen LogP contribution < -0.4 is 0 Å². The highest BCUT2D eigenvalue weighted by molar-refractivity contribution is 5.94. The maximum Gasteiger partial charge on any atom is 0.490 e. The molecule has 8 nitrogen and oxygen atoms in total. The first-order chi connectivity index (χ1) is 16.7. The lowest BCUT2D eigenvalue weighted by Crippen LogP contribution is -2.34. The maximum atomic E-state index is 12.5. The number of fused-ring (bicyclic) bond motifs is 1. The predicted octanol–water partition coefficient (Wildman–Crippen LogP) is 3.54. The Morgan fingerprint density at radius 3 is 1.75 bits per heavy atom. The number of hydrogen-bond acceptors (Lipinski definition) is 5. The number of carbonyl (C=O) groups is 3. The maximum absolute atomic E-state index is 12.5. The Bertz CT molecular complexity index is 852. The first kappa shape index (κ1) is 29.3. The van der Waals surface area contributed by atoms with Crippen LogP contribution in [0.1, 0.15) is 36.0 Å². The molecule has 1 aliphatic carbocycles. The number of nitrogens with zero attached hydrogens (tertiary/aromatic N) is 3. The molecule has 3 aliphatic rings. The van der Waals surface area contributed by atoms with Crippen LogP contribution in [0.15, 0.2) is 24.5 Å². The fraction of sp³-hybridized carbons (Fsp3) is 0.636. The van der Waals surface area contributed by atoms with Crippen molar-refractivity contribution >= 4 is 17.8 Å². The summed E-state index contributed by atoms with van der Waals surface area (Å²) in [5.74, 6) is -3.05. The van der Waals surface area contributed by atoms with E-state index < -0.39 is 24.3 Å². The minimum absolute atomic E-state index is 0.157. The third-order valence-corrected chi connectivity index (χ3v) is 6.23. The molecule has 3 fully saturated rings. The molecular weight excluding hydrogens is 500 g/mol. The van der Waals surface area contributed by atoms with Gasteiger partial charge in [0, 0.05) is 45.1 Å². The van der Waals surface area contributed by atoms with E-state index in [0.29, 0.717) is 11.8 Å². The van der Waals surface area contributed by atoms with Gasteiger partial charge in [0.2, 0.25) is 0 Å². The molecule has 2 aliphatic heterocycles. The number of likely N-dealkylation sites (tertiary alicyclic amines) is 2. The molecule has 4 rings (SSSR count). The molecule has 0 aromatic carbocycles. The number of rotatable bonds is 3. The molecule has 2 N–H and O–H groups in total. The normalized spacial score (nSPS) is 22.2. The van der Waals surface area contributed by atoms with Crippen molar-refractivity contribution in [2.24, 2.45) is 17.8 Å². The Kier molecular flexibility index (Phi) is 10.1. The molecule has 1 amide bonds. The molecule has 202 valence electrons. The monoisotopic (exact) mass is 527 g/mol. The van der Waals surface area contributed by atoms with Gasteiger partial charge in [-0.25, -0.2) is 9.59 Å². The van der Waals surface area contributed by atoms with E-state index in [2.05, 4.69) is 9.88 Å². The quantitative estimate of drug-likeness (QED) is 0.579. The summed E-state index contributed by atoms with van der Waals surface area (Å²) in [4.78, 5) is 39.1. The zero-order valence-electron chi connectivity index (χ0n) is 19.1. The molecule has 0 bridgehead atoms. The molecule has 1 aromatic rings. The topological polar surface area (TPSA) is 111 Å². The highest BCUT2D eigenvalue weighted by atomic mass is 19.4. The molecule has 1 saturated carbocycles. The molecule has 2 saturated heterocycles. The average molecular weight is 527 g/mol. The minimum Gasteiger partial charge on any atom is -0.475 e. The Morgan fingerprint density at radius 2 is 1.36 bits per heavy atom. The van der Waals surface area contributed by atoms with Crippen molar-refractivity contribution in [1.29, 1.82) is 0 Å². The third kappa shape index (κ3) is 8.95. The van der Waals surface area contributed by atoms with E-state index in [1.54, 1.807) is 12.4 Å². The van der Waals surface area contributed by atoms with Crippen LogP contribution in [0.5, 0.6) is 0 Å². The van der Waals surface area contributed by atoms with Gasteiger partial charge < -0.3 is 20.0 Å². The fourth-order valence-electron chi connectivity index (χ4n) is 4.64. The van der Waals surface area contributed by atoms with Crippen molar-refractivity contribution in [3.63, 3.8) is 0 Å². The second-order valence-electron chi connectivity index (χ2n) is 8.95. The lowest BCUT2D eigenvalue weighted by molar-refractivity contribution is -0.193. The second kappa shape index (κ2) is 12.4. The van der Waals surface area contributed by atoms with Crippen LogP contribution in [0, 0.1) is 17.8 Å². The summed E-state index contributed by atoms with van der Waals surface area (Å²) >= 11 is 0. The van der Waals surface area contributed by atoms with Crippen LogP contribution in [-0.2, 0) is 9.59 Å². The number of hydrogen-bond donors (Lipinski definition) is 2. The predicted molar refractivity (Wildman–Crippen MR) is 113 cm³/mol. The Balaban J connectivity index is 0.000000271. The van der Waals surface area contributed by atoms with Crippen LogP contribution in [-0.4, -0.2) is 87.9 Å². The van der Waals surface area contributed by atoms with Gasteiger partial charge in [0.1, 0.15) is 0 Å². The van der Waals surface area contributed by atoms with E-state index >= 15 is 0 Å². The van der Waals surface area contributed by atoms with Gasteiger partial charge in [-0.3, -0.25) is 9.78 Å². The molecule has 0 radical (unpaired) electrons. The van der Waals surface area contributed by atoms with Gasteiger partial charge in [-0.2, -0.15) is 26.3 Å². The highest BCUT2D eigenvalue weighted by Crippen LogP contribution is 2.34. The second-order valence-corrected chi connectivity index (χ2v) is 8.95. The minimum atomic E-state index is -5.08. The standard InChI is InChI=1S/C18H25N3O.2C2HF3O2/c22-18(15-6-3-7-19-8-15)21-12-16-10-20(11-17(16)13-21)9-14-4-1-2-5-14;2*3-2(4,5)1(6)7/h3,6-8,14,16-17H,1-2,4-5,9-13H2;2*(H,6,7)/t16-,17+;;. The Labute approximate surface area is 202 Å². The molecular formula is C22H27F6N3O5. The summed E-state index contributed by atoms with van der Waals surface area (Å²) in [6.45, 7) is 5.54. The van der Waals surface area contributed by atoms with E-state index in [4.69, 9.17) is 19.8 Å². The van der Waals surface area contributed by atoms with Crippen molar-refractivity contribution in [2.75, 3.05) is 32.7 Å². The van der Waals surface area contributed by atoms with E-state index in [9.17, 15) is 31.1 Å². The number of aromatic nitrogens is 1. The summed E-state index contributed by atoms with van der Waals surface area (Å²) in [6, 6.07) is 3.71. The Hall–Kier alpha value is -2.90. The lowest BCUT2D eigenvalue weighted by Gasteiger charge is -2.23.